The van der Waals surface area contributed by atoms with Crippen molar-refractivity contribution in [2.45, 2.75) is 31.8 Å². The molecule has 5 rings (SSSR count). The van der Waals surface area contributed by atoms with Gasteiger partial charge in [-0.15, -0.1) is 0 Å². The smallest absolute Gasteiger partial charge is 0.128 e. The minimum absolute atomic E-state index is 0.151. The molecule has 0 spiro atoms. The van der Waals surface area contributed by atoms with Crippen LogP contribution in [0.5, 0.6) is 0 Å². The van der Waals surface area contributed by atoms with Gasteiger partial charge in [0, 0.05) is 41.5 Å². The molecule has 0 bridgehead atoms. The lowest BCUT2D eigenvalue weighted by Crippen LogP contribution is -2.25. The summed E-state index contributed by atoms with van der Waals surface area (Å²) < 4.78 is 29.0. The minimum Gasteiger partial charge on any atom is -0.306 e. The summed E-state index contributed by atoms with van der Waals surface area (Å²) in [5.74, 6) is -1.20. The molecule has 2 aromatic heterocycles. The molecule has 0 aliphatic heterocycles. The molecular formula is C23H20F2N4. The van der Waals surface area contributed by atoms with Crippen molar-refractivity contribution in [2.24, 2.45) is 0 Å². The Bertz CT molecular complexity index is 1160. The Morgan fingerprint density at radius 3 is 2.79 bits per heavy atom. The summed E-state index contributed by atoms with van der Waals surface area (Å²) in [6, 6.07) is 13.8. The molecule has 0 unspecified atom stereocenters. The second kappa shape index (κ2) is 7.37. The number of benzene rings is 2. The molecule has 2 heterocycles. The van der Waals surface area contributed by atoms with Crippen LogP contribution < -0.4 is 5.32 Å². The normalized spacial score (nSPS) is 16.1. The summed E-state index contributed by atoms with van der Waals surface area (Å²) in [7, 11) is 0. The zero-order chi connectivity index (χ0) is 19.8. The molecule has 0 radical (unpaired) electrons. The number of fused-ring (bicyclic) bond motifs is 2. The lowest BCUT2D eigenvalue weighted by atomic mass is 9.92. The molecule has 0 fully saturated rings. The molecule has 2 aromatic carbocycles. The van der Waals surface area contributed by atoms with Crippen molar-refractivity contribution in [1.29, 1.82) is 0 Å². The van der Waals surface area contributed by atoms with E-state index in [1.165, 1.54) is 17.7 Å². The Labute approximate surface area is 167 Å². The molecule has 0 amide bonds. The van der Waals surface area contributed by atoms with Gasteiger partial charge in [0.05, 0.1) is 17.4 Å². The quantitative estimate of drug-likeness (QED) is 0.541. The van der Waals surface area contributed by atoms with Crippen LogP contribution in [-0.2, 0) is 13.0 Å². The van der Waals surface area contributed by atoms with E-state index in [4.69, 9.17) is 0 Å². The summed E-state index contributed by atoms with van der Waals surface area (Å²) >= 11 is 0. The lowest BCUT2D eigenvalue weighted by Gasteiger charge is -2.24. The average Bonchev–Trinajstić information content (AvgIpc) is 3.16. The van der Waals surface area contributed by atoms with Gasteiger partial charge in [0.15, 0.2) is 0 Å². The van der Waals surface area contributed by atoms with Crippen LogP contribution in [0.25, 0.3) is 16.6 Å². The van der Waals surface area contributed by atoms with E-state index in [9.17, 15) is 8.78 Å². The maximum Gasteiger partial charge on any atom is 0.128 e. The molecule has 4 aromatic rings. The number of hydrogen-bond donors (Lipinski definition) is 1. The van der Waals surface area contributed by atoms with Gasteiger partial charge in [0.25, 0.3) is 0 Å². The second-order valence-corrected chi connectivity index (χ2v) is 7.40. The van der Waals surface area contributed by atoms with Gasteiger partial charge in [0.1, 0.15) is 11.6 Å². The van der Waals surface area contributed by atoms with Gasteiger partial charge in [0.2, 0.25) is 0 Å². The van der Waals surface area contributed by atoms with E-state index >= 15 is 0 Å². The fourth-order valence-electron chi connectivity index (χ4n) is 4.21. The molecule has 1 aliphatic carbocycles. The number of aromatic nitrogens is 3. The number of nitrogens with one attached hydrogen (secondary N) is 1. The molecule has 29 heavy (non-hydrogen) atoms. The first-order chi connectivity index (χ1) is 14.2. The molecule has 1 N–H and O–H groups in total. The van der Waals surface area contributed by atoms with Crippen molar-refractivity contribution >= 4 is 10.9 Å². The van der Waals surface area contributed by atoms with Gasteiger partial charge in [-0.25, -0.2) is 13.5 Å². The predicted octanol–water partition coefficient (Wildman–Crippen LogP) is 4.87. The van der Waals surface area contributed by atoms with E-state index in [1.54, 1.807) is 10.9 Å². The van der Waals surface area contributed by atoms with Crippen molar-refractivity contribution in [3.05, 3.63) is 89.4 Å². The van der Waals surface area contributed by atoms with Crippen LogP contribution >= 0.6 is 0 Å². The summed E-state index contributed by atoms with van der Waals surface area (Å²) in [5, 5.41) is 9.23. The topological polar surface area (TPSA) is 42.7 Å². The zero-order valence-electron chi connectivity index (χ0n) is 15.8. The van der Waals surface area contributed by atoms with E-state index in [0.717, 1.165) is 47.5 Å². The van der Waals surface area contributed by atoms with Crippen LogP contribution in [0.15, 0.2) is 60.9 Å². The van der Waals surface area contributed by atoms with E-state index < -0.39 is 11.6 Å². The second-order valence-electron chi connectivity index (χ2n) is 7.40. The third-order valence-electron chi connectivity index (χ3n) is 5.55. The van der Waals surface area contributed by atoms with Crippen LogP contribution in [0.2, 0.25) is 0 Å². The highest BCUT2D eigenvalue weighted by molar-refractivity contribution is 5.81. The average molecular weight is 390 g/mol. The van der Waals surface area contributed by atoms with E-state index in [2.05, 4.69) is 27.5 Å². The minimum atomic E-state index is -0.598. The summed E-state index contributed by atoms with van der Waals surface area (Å²) in [6.45, 7) is 0.715. The summed E-state index contributed by atoms with van der Waals surface area (Å²) in [6.07, 6.45) is 6.45. The van der Waals surface area contributed by atoms with Gasteiger partial charge in [-0.2, -0.15) is 5.10 Å². The van der Waals surface area contributed by atoms with Crippen LogP contribution in [0, 0.1) is 11.6 Å². The van der Waals surface area contributed by atoms with Crippen molar-refractivity contribution in [1.82, 2.24) is 20.1 Å². The van der Waals surface area contributed by atoms with Crippen molar-refractivity contribution in [3.8, 4) is 5.69 Å². The Morgan fingerprint density at radius 1 is 1.07 bits per heavy atom. The SMILES string of the molecule is Fc1cc(F)cc(-n2ncc3c2CCC[C@H]3NCc2cccc3ncccc23)c1. The summed E-state index contributed by atoms with van der Waals surface area (Å²) in [4.78, 5) is 4.42. The first kappa shape index (κ1) is 17.9. The van der Waals surface area contributed by atoms with Crippen molar-refractivity contribution in [3.63, 3.8) is 0 Å². The number of pyridine rings is 1. The van der Waals surface area contributed by atoms with E-state index in [0.29, 0.717) is 12.2 Å². The Balaban J connectivity index is 1.42. The van der Waals surface area contributed by atoms with Gasteiger partial charge < -0.3 is 5.32 Å². The van der Waals surface area contributed by atoms with Gasteiger partial charge in [-0.1, -0.05) is 18.2 Å². The Kier molecular flexibility index (Phi) is 4.56. The van der Waals surface area contributed by atoms with Gasteiger partial charge in [-0.3, -0.25) is 4.98 Å². The van der Waals surface area contributed by atoms with Crippen LogP contribution in [-0.4, -0.2) is 14.8 Å². The third kappa shape index (κ3) is 3.40. The van der Waals surface area contributed by atoms with Gasteiger partial charge in [-0.05, 0) is 49.1 Å². The molecule has 0 saturated heterocycles. The monoisotopic (exact) mass is 390 g/mol. The van der Waals surface area contributed by atoms with Crippen molar-refractivity contribution in [2.75, 3.05) is 0 Å². The molecule has 0 saturated carbocycles. The largest absolute Gasteiger partial charge is 0.306 e. The van der Waals surface area contributed by atoms with Crippen LogP contribution in [0.1, 0.15) is 35.7 Å². The maximum atomic E-state index is 13.7. The number of rotatable bonds is 4. The highest BCUT2D eigenvalue weighted by Gasteiger charge is 2.25. The van der Waals surface area contributed by atoms with E-state index in [1.807, 2.05) is 24.4 Å². The molecule has 4 nitrogen and oxygen atoms in total. The lowest BCUT2D eigenvalue weighted by molar-refractivity contribution is 0.455. The fraction of sp³-hybridized carbons (Fsp3) is 0.217. The molecule has 6 heteroatoms. The van der Waals surface area contributed by atoms with Gasteiger partial charge >= 0.3 is 0 Å². The standard InChI is InChI=1S/C23H20F2N4/c24-16-10-17(25)12-18(11-16)29-23-8-2-7-22(20(23)14-28-29)27-13-15-4-1-6-21-19(15)5-3-9-26-21/h1,3-6,9-12,14,22,27H,2,7-8,13H2/t22-/m1/s1. The Morgan fingerprint density at radius 2 is 1.93 bits per heavy atom. The highest BCUT2D eigenvalue weighted by Crippen LogP contribution is 2.32. The van der Waals surface area contributed by atoms with Crippen LogP contribution in [0.3, 0.4) is 0 Å². The third-order valence-corrected chi connectivity index (χ3v) is 5.55. The number of hydrogen-bond acceptors (Lipinski definition) is 3. The predicted molar refractivity (Wildman–Crippen MR) is 108 cm³/mol. The fourth-order valence-corrected chi connectivity index (χ4v) is 4.21. The van der Waals surface area contributed by atoms with Crippen LogP contribution in [0.4, 0.5) is 8.78 Å². The van der Waals surface area contributed by atoms with E-state index in [-0.39, 0.29) is 6.04 Å². The number of halogens is 2. The Hall–Kier alpha value is -3.12. The summed E-state index contributed by atoms with van der Waals surface area (Å²) in [5.41, 5.74) is 4.71. The molecular weight excluding hydrogens is 370 g/mol. The molecule has 146 valence electrons. The molecule has 1 atom stereocenters. The van der Waals surface area contributed by atoms with Crippen molar-refractivity contribution < 1.29 is 8.78 Å². The zero-order valence-corrected chi connectivity index (χ0v) is 15.8. The first-order valence-corrected chi connectivity index (χ1v) is 9.78. The molecule has 1 aliphatic rings. The highest BCUT2D eigenvalue weighted by atomic mass is 19.1. The first-order valence-electron chi connectivity index (χ1n) is 9.78. The number of nitrogens with zero attached hydrogens (tertiary/aromatic N) is 3. The maximum absolute atomic E-state index is 13.7.